The first-order valence-corrected chi connectivity index (χ1v) is 10.8. The minimum Gasteiger partial charge on any atom is -0.507 e. The average molecular weight is 554 g/mol. The van der Waals surface area contributed by atoms with E-state index in [1.807, 2.05) is 0 Å². The average Bonchev–Trinajstić information content (AvgIpc) is 2.92. The molecular formula is C26H18O14. The molecule has 0 spiro atoms. The summed E-state index contributed by atoms with van der Waals surface area (Å²) in [4.78, 5) is 36.1. The molecule has 0 aliphatic carbocycles. The summed E-state index contributed by atoms with van der Waals surface area (Å²) in [6, 6.07) is 6.86. The Labute approximate surface area is 222 Å². The maximum absolute atomic E-state index is 13.1. The van der Waals surface area contributed by atoms with Gasteiger partial charge in [-0.2, -0.15) is 0 Å². The predicted molar refractivity (Wildman–Crippen MR) is 131 cm³/mol. The molecule has 0 amide bonds. The van der Waals surface area contributed by atoms with Gasteiger partial charge in [0, 0.05) is 17.7 Å². The van der Waals surface area contributed by atoms with Gasteiger partial charge in [0.1, 0.15) is 11.3 Å². The lowest BCUT2D eigenvalue weighted by Gasteiger charge is -2.14. The SMILES string of the molecule is O=C(c1ccc(O)c(OOc2ccc(O)c(O)c2C(=O)c2cc(O)c(O)cc2O)c1)c1cc(O)c(O)c(O)c1O. The van der Waals surface area contributed by atoms with Crippen LogP contribution in [0.5, 0.6) is 69.0 Å². The Morgan fingerprint density at radius 1 is 0.450 bits per heavy atom. The lowest BCUT2D eigenvalue weighted by atomic mass is 9.99. The van der Waals surface area contributed by atoms with E-state index in [9.17, 15) is 60.7 Å². The molecule has 10 N–H and O–H groups in total. The summed E-state index contributed by atoms with van der Waals surface area (Å²) >= 11 is 0. The van der Waals surface area contributed by atoms with Gasteiger partial charge < -0.3 is 51.1 Å². The highest BCUT2D eigenvalue weighted by Crippen LogP contribution is 2.45. The number of benzene rings is 4. The number of hydrogen-bond donors (Lipinski definition) is 10. The van der Waals surface area contributed by atoms with Gasteiger partial charge in [0.25, 0.3) is 0 Å². The molecule has 0 saturated heterocycles. The number of rotatable bonds is 7. The Kier molecular flexibility index (Phi) is 6.68. The van der Waals surface area contributed by atoms with Crippen molar-refractivity contribution in [3.63, 3.8) is 0 Å². The molecule has 0 aliphatic rings. The Balaban J connectivity index is 1.69. The molecule has 4 aromatic rings. The van der Waals surface area contributed by atoms with Crippen molar-refractivity contribution < 1.29 is 70.4 Å². The van der Waals surface area contributed by atoms with E-state index >= 15 is 0 Å². The van der Waals surface area contributed by atoms with Crippen LogP contribution in [0, 0.1) is 0 Å². The van der Waals surface area contributed by atoms with Crippen LogP contribution in [0.4, 0.5) is 0 Å². The maximum Gasteiger partial charge on any atom is 0.220 e. The second-order valence-electron chi connectivity index (χ2n) is 8.16. The minimum absolute atomic E-state index is 0.287. The number of phenolic OH excluding ortho intramolecular Hbond substituents is 10. The lowest BCUT2D eigenvalue weighted by molar-refractivity contribution is -0.102. The molecule has 0 bridgehead atoms. The van der Waals surface area contributed by atoms with Gasteiger partial charge in [-0.1, -0.05) is 0 Å². The molecule has 40 heavy (non-hydrogen) atoms. The van der Waals surface area contributed by atoms with Crippen LogP contribution in [0.15, 0.2) is 48.5 Å². The summed E-state index contributed by atoms with van der Waals surface area (Å²) in [5.41, 5.74) is -2.30. The van der Waals surface area contributed by atoms with E-state index in [-0.39, 0.29) is 5.56 Å². The first-order valence-electron chi connectivity index (χ1n) is 10.8. The molecule has 0 saturated carbocycles. The summed E-state index contributed by atoms with van der Waals surface area (Å²) < 4.78 is 0. The number of phenols is 10. The number of hydrogen-bond acceptors (Lipinski definition) is 14. The number of carbonyl (C=O) groups is 2. The summed E-state index contributed by atoms with van der Waals surface area (Å²) in [6.07, 6.45) is 0. The van der Waals surface area contributed by atoms with Gasteiger partial charge in [-0.25, -0.2) is 0 Å². The molecule has 0 fully saturated rings. The first kappa shape index (κ1) is 26.9. The van der Waals surface area contributed by atoms with Gasteiger partial charge in [0.15, 0.2) is 51.8 Å². The van der Waals surface area contributed by atoms with E-state index in [4.69, 9.17) is 9.78 Å². The van der Waals surface area contributed by atoms with Gasteiger partial charge in [0.05, 0.1) is 11.1 Å². The highest BCUT2D eigenvalue weighted by Gasteiger charge is 2.27. The summed E-state index contributed by atoms with van der Waals surface area (Å²) in [6.45, 7) is 0. The minimum atomic E-state index is -1.20. The van der Waals surface area contributed by atoms with Gasteiger partial charge in [-0.15, -0.1) is 0 Å². The smallest absolute Gasteiger partial charge is 0.220 e. The summed E-state index contributed by atoms with van der Waals surface area (Å²) in [7, 11) is 0. The van der Waals surface area contributed by atoms with E-state index in [0.29, 0.717) is 18.2 Å². The van der Waals surface area contributed by atoms with Crippen LogP contribution in [0.25, 0.3) is 0 Å². The molecular weight excluding hydrogens is 536 g/mol. The quantitative estimate of drug-likeness (QED) is 0.0518. The molecule has 0 aromatic heterocycles. The molecule has 0 atom stereocenters. The Morgan fingerprint density at radius 2 is 1.05 bits per heavy atom. The zero-order valence-corrected chi connectivity index (χ0v) is 19.7. The van der Waals surface area contributed by atoms with E-state index in [0.717, 1.165) is 30.3 Å². The molecule has 4 rings (SSSR count). The highest BCUT2D eigenvalue weighted by atomic mass is 17.2. The molecule has 0 heterocycles. The maximum atomic E-state index is 13.1. The summed E-state index contributed by atoms with van der Waals surface area (Å²) in [5.74, 6) is -12.2. The Morgan fingerprint density at radius 3 is 1.75 bits per heavy atom. The van der Waals surface area contributed by atoms with Crippen LogP contribution in [0.2, 0.25) is 0 Å². The molecule has 14 heteroatoms. The fraction of sp³-hybridized carbons (Fsp3) is 0. The summed E-state index contributed by atoms with van der Waals surface area (Å²) in [5, 5.41) is 98.6. The fourth-order valence-corrected chi connectivity index (χ4v) is 3.51. The monoisotopic (exact) mass is 554 g/mol. The molecule has 4 aromatic carbocycles. The van der Waals surface area contributed by atoms with Crippen molar-refractivity contribution in [1.29, 1.82) is 0 Å². The number of aromatic hydroxyl groups is 10. The third-order valence-electron chi connectivity index (χ3n) is 5.60. The van der Waals surface area contributed by atoms with Crippen LogP contribution < -0.4 is 9.78 Å². The fourth-order valence-electron chi connectivity index (χ4n) is 3.51. The zero-order valence-electron chi connectivity index (χ0n) is 19.7. The molecule has 0 aliphatic heterocycles. The highest BCUT2D eigenvalue weighted by molar-refractivity contribution is 6.14. The molecule has 0 unspecified atom stereocenters. The van der Waals surface area contributed by atoms with Crippen LogP contribution in [-0.2, 0) is 0 Å². The van der Waals surface area contributed by atoms with Crippen molar-refractivity contribution in [3.8, 4) is 69.0 Å². The number of ketones is 2. The van der Waals surface area contributed by atoms with Gasteiger partial charge >= 0.3 is 0 Å². The molecule has 206 valence electrons. The van der Waals surface area contributed by atoms with Crippen molar-refractivity contribution in [1.82, 2.24) is 0 Å². The second kappa shape index (κ2) is 9.94. The third kappa shape index (κ3) is 4.63. The second-order valence-corrected chi connectivity index (χ2v) is 8.16. The standard InChI is InChI=1S/C26H18O14/c27-12-2-1-9(21(33)11-7-17(32)25(37)26(38)23(11)35)5-19(12)40-39-18-4-3-13(28)24(36)20(18)22(34)10-6-15(30)16(31)8-14(10)29/h1-8,27-32,35-38H. The van der Waals surface area contributed by atoms with Crippen molar-refractivity contribution in [3.05, 3.63) is 70.8 Å². The van der Waals surface area contributed by atoms with Crippen LogP contribution in [0.1, 0.15) is 31.8 Å². The third-order valence-corrected chi connectivity index (χ3v) is 5.60. The predicted octanol–water partition coefficient (Wildman–Crippen LogP) is 2.58. The van der Waals surface area contributed by atoms with Gasteiger partial charge in [-0.05, 0) is 36.4 Å². The van der Waals surface area contributed by atoms with E-state index in [1.165, 1.54) is 0 Å². The topological polar surface area (TPSA) is 255 Å². The largest absolute Gasteiger partial charge is 0.507 e. The van der Waals surface area contributed by atoms with Gasteiger partial charge in [0.2, 0.25) is 23.0 Å². The molecule has 14 nitrogen and oxygen atoms in total. The van der Waals surface area contributed by atoms with Crippen LogP contribution >= 0.6 is 0 Å². The lowest BCUT2D eigenvalue weighted by Crippen LogP contribution is -2.09. The zero-order chi connectivity index (χ0) is 29.5. The first-order chi connectivity index (χ1) is 18.8. The molecule has 0 radical (unpaired) electrons. The van der Waals surface area contributed by atoms with E-state index in [1.54, 1.807) is 0 Å². The van der Waals surface area contributed by atoms with Crippen LogP contribution in [-0.4, -0.2) is 62.6 Å². The number of carbonyl (C=O) groups excluding carboxylic acids is 2. The van der Waals surface area contributed by atoms with Crippen molar-refractivity contribution in [2.24, 2.45) is 0 Å². The Hall–Kier alpha value is -6.18. The van der Waals surface area contributed by atoms with Crippen molar-refractivity contribution >= 4 is 11.6 Å². The van der Waals surface area contributed by atoms with Crippen LogP contribution in [0.3, 0.4) is 0 Å². The van der Waals surface area contributed by atoms with Gasteiger partial charge in [-0.3, -0.25) is 19.4 Å². The van der Waals surface area contributed by atoms with E-state index in [2.05, 4.69) is 0 Å². The Bertz CT molecular complexity index is 1690. The van der Waals surface area contributed by atoms with Crippen molar-refractivity contribution in [2.45, 2.75) is 0 Å². The van der Waals surface area contributed by atoms with Crippen molar-refractivity contribution in [2.75, 3.05) is 0 Å². The normalized spacial score (nSPS) is 10.7. The van der Waals surface area contributed by atoms with E-state index < -0.39 is 97.3 Å².